The second kappa shape index (κ2) is 8.43. The molecule has 1 aromatic heterocycles. The number of furan rings is 1. The molecule has 0 saturated carbocycles. The van der Waals surface area contributed by atoms with Gasteiger partial charge in [-0.1, -0.05) is 18.2 Å². The number of fused-ring (bicyclic) bond motifs is 1. The SMILES string of the molecule is O=C(N[S+]([O-])c1ccccc1CCC(F)(F)F)c1cc2c(F)cc(N3CCC3)cc2o1. The van der Waals surface area contributed by atoms with Crippen LogP contribution in [0.3, 0.4) is 0 Å². The normalized spacial score (nSPS) is 15.1. The number of alkyl halides is 3. The summed E-state index contributed by atoms with van der Waals surface area (Å²) >= 11 is -2.11. The molecule has 10 heteroatoms. The first-order valence-electron chi connectivity index (χ1n) is 9.57. The Labute approximate surface area is 178 Å². The summed E-state index contributed by atoms with van der Waals surface area (Å²) in [6, 6.07) is 10.1. The highest BCUT2D eigenvalue weighted by molar-refractivity contribution is 7.90. The Morgan fingerprint density at radius 1 is 1.19 bits per heavy atom. The number of hydrogen-bond donors (Lipinski definition) is 1. The van der Waals surface area contributed by atoms with Gasteiger partial charge in [0, 0.05) is 42.9 Å². The smallest absolute Gasteiger partial charge is 0.389 e. The Morgan fingerprint density at radius 2 is 1.94 bits per heavy atom. The molecule has 2 heterocycles. The van der Waals surface area contributed by atoms with E-state index in [1.54, 1.807) is 6.07 Å². The van der Waals surface area contributed by atoms with Gasteiger partial charge in [0.1, 0.15) is 22.8 Å². The van der Waals surface area contributed by atoms with Gasteiger partial charge in [0.2, 0.25) is 0 Å². The Bertz CT molecular complexity index is 1110. The van der Waals surface area contributed by atoms with Crippen molar-refractivity contribution in [3.63, 3.8) is 0 Å². The summed E-state index contributed by atoms with van der Waals surface area (Å²) in [5, 5.41) is 0.116. The number of carbonyl (C=O) groups is 1. The maximum Gasteiger partial charge on any atom is 0.389 e. The van der Waals surface area contributed by atoms with Crippen LogP contribution in [0.5, 0.6) is 0 Å². The van der Waals surface area contributed by atoms with Gasteiger partial charge in [-0.3, -0.25) is 4.79 Å². The summed E-state index contributed by atoms with van der Waals surface area (Å²) in [6.45, 7) is 1.62. The maximum atomic E-state index is 14.4. The molecule has 1 aliphatic rings. The fraction of sp³-hybridized carbons (Fsp3) is 0.286. The van der Waals surface area contributed by atoms with Crippen molar-refractivity contribution in [2.24, 2.45) is 0 Å². The van der Waals surface area contributed by atoms with Gasteiger partial charge in [-0.05, 0) is 25.0 Å². The number of hydrogen-bond acceptors (Lipinski definition) is 4. The third-order valence-electron chi connectivity index (χ3n) is 5.05. The number of benzene rings is 2. The van der Waals surface area contributed by atoms with E-state index in [0.717, 1.165) is 19.5 Å². The highest BCUT2D eigenvalue weighted by Gasteiger charge is 2.29. The molecule has 1 aliphatic heterocycles. The molecule has 3 aromatic rings. The summed E-state index contributed by atoms with van der Waals surface area (Å²) in [4.78, 5) is 14.6. The quantitative estimate of drug-likeness (QED) is 0.432. The summed E-state index contributed by atoms with van der Waals surface area (Å²) in [5.74, 6) is -1.64. The average molecular weight is 454 g/mol. The third kappa shape index (κ3) is 4.80. The lowest BCUT2D eigenvalue weighted by Gasteiger charge is -2.33. The fourth-order valence-electron chi connectivity index (χ4n) is 3.31. The number of amides is 1. The van der Waals surface area contributed by atoms with Gasteiger partial charge in [0.25, 0.3) is 0 Å². The van der Waals surface area contributed by atoms with Crippen molar-refractivity contribution >= 4 is 33.9 Å². The Hall–Kier alpha value is -2.72. The Kier molecular flexibility index (Phi) is 5.85. The summed E-state index contributed by atoms with van der Waals surface area (Å²) in [6.07, 6.45) is -4.78. The second-order valence-corrected chi connectivity index (χ2v) is 8.39. The van der Waals surface area contributed by atoms with E-state index in [1.807, 2.05) is 4.90 Å². The number of anilines is 1. The topological polar surface area (TPSA) is 68.5 Å². The second-order valence-electron chi connectivity index (χ2n) is 7.21. The first-order valence-corrected chi connectivity index (χ1v) is 10.7. The van der Waals surface area contributed by atoms with Crippen molar-refractivity contribution in [1.82, 2.24) is 4.72 Å². The van der Waals surface area contributed by atoms with Crippen LogP contribution < -0.4 is 9.62 Å². The number of rotatable bonds is 6. The zero-order valence-electron chi connectivity index (χ0n) is 16.2. The monoisotopic (exact) mass is 454 g/mol. The van der Waals surface area contributed by atoms with Crippen molar-refractivity contribution in [2.75, 3.05) is 18.0 Å². The average Bonchev–Trinajstić information content (AvgIpc) is 3.09. The predicted molar refractivity (Wildman–Crippen MR) is 108 cm³/mol. The molecule has 0 spiro atoms. The van der Waals surface area contributed by atoms with E-state index < -0.39 is 35.7 Å². The van der Waals surface area contributed by atoms with Crippen LogP contribution in [0.2, 0.25) is 0 Å². The van der Waals surface area contributed by atoms with Crippen molar-refractivity contribution in [1.29, 1.82) is 0 Å². The van der Waals surface area contributed by atoms with E-state index in [4.69, 9.17) is 4.42 Å². The molecule has 0 radical (unpaired) electrons. The number of nitrogens with one attached hydrogen (secondary N) is 1. The number of aryl methyl sites for hydroxylation is 1. The van der Waals surface area contributed by atoms with Crippen LogP contribution in [0.15, 0.2) is 51.8 Å². The maximum absolute atomic E-state index is 14.4. The van der Waals surface area contributed by atoms with Crippen LogP contribution in [0.4, 0.5) is 23.2 Å². The lowest BCUT2D eigenvalue weighted by Crippen LogP contribution is -2.36. The number of halogens is 4. The first-order chi connectivity index (χ1) is 14.7. The highest BCUT2D eigenvalue weighted by atomic mass is 32.2. The molecule has 2 aromatic carbocycles. The molecule has 1 amide bonds. The fourth-order valence-corrected chi connectivity index (χ4v) is 4.30. The molecule has 0 bridgehead atoms. The van der Waals surface area contributed by atoms with E-state index in [-0.39, 0.29) is 33.6 Å². The molecule has 1 N–H and O–H groups in total. The summed E-state index contributed by atoms with van der Waals surface area (Å²) in [5.41, 5.74) is 1.05. The van der Waals surface area contributed by atoms with Gasteiger partial charge in [-0.2, -0.15) is 17.9 Å². The van der Waals surface area contributed by atoms with E-state index in [9.17, 15) is 26.9 Å². The molecule has 5 nitrogen and oxygen atoms in total. The first kappa shape index (κ1) is 21.5. The van der Waals surface area contributed by atoms with Crippen molar-refractivity contribution in [3.8, 4) is 0 Å². The standard InChI is InChI=1S/C21H18F4N2O3S/c22-16-10-14(27-8-3-9-27)11-17-15(16)12-18(30-17)20(28)26-31(29)19-5-2-1-4-13(19)6-7-21(23,24)25/h1-2,4-5,10-12H,3,6-9H2,(H,26,28). The van der Waals surface area contributed by atoms with Crippen LogP contribution in [0.1, 0.15) is 29.0 Å². The number of nitrogens with zero attached hydrogens (tertiary/aromatic N) is 1. The lowest BCUT2D eigenvalue weighted by molar-refractivity contribution is -0.134. The van der Waals surface area contributed by atoms with Gasteiger partial charge in [0.15, 0.2) is 10.7 Å². The van der Waals surface area contributed by atoms with Crippen LogP contribution >= 0.6 is 0 Å². The summed E-state index contributed by atoms with van der Waals surface area (Å²) < 4.78 is 72.4. The molecule has 164 valence electrons. The zero-order chi connectivity index (χ0) is 22.2. The highest BCUT2D eigenvalue weighted by Crippen LogP contribution is 2.30. The van der Waals surface area contributed by atoms with Gasteiger partial charge in [0.05, 0.1) is 5.39 Å². The molecule has 1 unspecified atom stereocenters. The minimum Gasteiger partial charge on any atom is -0.588 e. The molecular weight excluding hydrogens is 436 g/mol. The minimum atomic E-state index is -4.36. The van der Waals surface area contributed by atoms with Crippen LogP contribution in [0.25, 0.3) is 11.0 Å². The molecule has 0 aliphatic carbocycles. The van der Waals surface area contributed by atoms with E-state index in [0.29, 0.717) is 5.69 Å². The van der Waals surface area contributed by atoms with Gasteiger partial charge in [-0.25, -0.2) is 4.39 Å². The third-order valence-corrected chi connectivity index (χ3v) is 6.22. The predicted octanol–water partition coefficient (Wildman–Crippen LogP) is 4.73. The van der Waals surface area contributed by atoms with Gasteiger partial charge >= 0.3 is 12.1 Å². The molecule has 1 saturated heterocycles. The van der Waals surface area contributed by atoms with E-state index in [2.05, 4.69) is 4.72 Å². The van der Waals surface area contributed by atoms with E-state index in [1.165, 1.54) is 36.4 Å². The summed E-state index contributed by atoms with van der Waals surface area (Å²) in [7, 11) is 0. The minimum absolute atomic E-state index is 0.0717. The van der Waals surface area contributed by atoms with Crippen LogP contribution in [-0.4, -0.2) is 29.7 Å². The molecule has 1 atom stereocenters. The largest absolute Gasteiger partial charge is 0.588 e. The van der Waals surface area contributed by atoms with Crippen molar-refractivity contribution in [2.45, 2.75) is 30.3 Å². The molecule has 1 fully saturated rings. The number of carbonyl (C=O) groups excluding carboxylic acids is 1. The van der Waals surface area contributed by atoms with Crippen LogP contribution in [0, 0.1) is 5.82 Å². The Morgan fingerprint density at radius 3 is 2.61 bits per heavy atom. The molecule has 31 heavy (non-hydrogen) atoms. The van der Waals surface area contributed by atoms with Crippen molar-refractivity contribution < 1.29 is 31.3 Å². The molecular formula is C21H18F4N2O3S. The molecule has 4 rings (SSSR count). The van der Waals surface area contributed by atoms with Crippen LogP contribution in [-0.2, 0) is 17.8 Å². The van der Waals surface area contributed by atoms with Gasteiger partial charge < -0.3 is 13.9 Å². The zero-order valence-corrected chi connectivity index (χ0v) is 17.0. The lowest BCUT2D eigenvalue weighted by atomic mass is 10.1. The Balaban J connectivity index is 1.52. The van der Waals surface area contributed by atoms with Crippen molar-refractivity contribution in [3.05, 3.63) is 59.6 Å². The van der Waals surface area contributed by atoms with E-state index >= 15 is 0 Å². The van der Waals surface area contributed by atoms with Gasteiger partial charge in [-0.15, -0.1) is 0 Å².